The Balaban J connectivity index is 2.31. The van der Waals surface area contributed by atoms with Gasteiger partial charge < -0.3 is 0 Å². The van der Waals surface area contributed by atoms with E-state index in [1.54, 1.807) is 6.92 Å². The van der Waals surface area contributed by atoms with Gasteiger partial charge in [-0.05, 0) is 0 Å². The second kappa shape index (κ2) is 0.922. The summed E-state index contributed by atoms with van der Waals surface area (Å²) in [5.74, 6) is -0.315. The van der Waals surface area contributed by atoms with E-state index in [9.17, 15) is 8.78 Å². The van der Waals surface area contributed by atoms with Crippen LogP contribution < -0.4 is 0 Å². The Morgan fingerprint density at radius 1 is 1.17 bits per heavy atom. The van der Waals surface area contributed by atoms with Crippen molar-refractivity contribution in [3.63, 3.8) is 0 Å². The highest BCUT2D eigenvalue weighted by molar-refractivity contribution is 4.94. The van der Waals surface area contributed by atoms with Crippen LogP contribution in [0.15, 0.2) is 0 Å². The number of halogens is 2. The highest BCUT2D eigenvalue weighted by Gasteiger charge is 2.48. The molecule has 0 aromatic carbocycles. The number of rotatable bonds is 0. The zero-order valence-electron chi connectivity index (χ0n) is 3.49. The minimum Gasteiger partial charge on any atom is -0.244 e. The molecule has 36 valence electrons. The lowest BCUT2D eigenvalue weighted by Crippen LogP contribution is -1.68. The molecular weight excluding hydrogens is 86.0 g/mol. The molecule has 0 saturated heterocycles. The van der Waals surface area contributed by atoms with Crippen LogP contribution in [0.25, 0.3) is 0 Å². The highest BCUT2D eigenvalue weighted by atomic mass is 19.2. The summed E-state index contributed by atoms with van der Waals surface area (Å²) in [6.45, 7) is 1.56. The molecule has 1 saturated carbocycles. The number of alkyl halides is 2. The molecule has 2 atom stereocenters. The topological polar surface area (TPSA) is 0 Å². The maximum atomic E-state index is 11.5. The van der Waals surface area contributed by atoms with Crippen molar-refractivity contribution in [1.82, 2.24) is 0 Å². The lowest BCUT2D eigenvalue weighted by Gasteiger charge is -1.61. The van der Waals surface area contributed by atoms with Crippen LogP contribution in [0.1, 0.15) is 6.92 Å². The minimum absolute atomic E-state index is 0.315. The second-order valence-corrected chi connectivity index (χ2v) is 1.75. The summed E-state index contributed by atoms with van der Waals surface area (Å²) in [7, 11) is 0. The summed E-state index contributed by atoms with van der Waals surface area (Å²) in [6, 6.07) is 0. The fourth-order valence-electron chi connectivity index (χ4n) is 0.368. The first kappa shape index (κ1) is 4.03. The Morgan fingerprint density at radius 2 is 1.33 bits per heavy atom. The molecule has 0 aromatic heterocycles. The van der Waals surface area contributed by atoms with Crippen LogP contribution in [-0.2, 0) is 0 Å². The van der Waals surface area contributed by atoms with E-state index in [-0.39, 0.29) is 5.92 Å². The quantitative estimate of drug-likeness (QED) is 0.422. The molecule has 0 amide bonds. The maximum absolute atomic E-state index is 11.5. The molecule has 2 unspecified atom stereocenters. The molecule has 6 heavy (non-hydrogen) atoms. The molecule has 0 nitrogen and oxygen atoms in total. The van der Waals surface area contributed by atoms with Crippen molar-refractivity contribution in [3.05, 3.63) is 0 Å². The summed E-state index contributed by atoms with van der Waals surface area (Å²) in [6.07, 6.45) is -2.30. The van der Waals surface area contributed by atoms with Gasteiger partial charge in [0.05, 0.1) is 0 Å². The minimum atomic E-state index is -1.15. The summed E-state index contributed by atoms with van der Waals surface area (Å²) in [5.41, 5.74) is 0. The second-order valence-electron chi connectivity index (χ2n) is 1.75. The standard InChI is InChI=1S/C4H6F2/c1-2-3(5)4(2)6/h2-4H,1H3. The van der Waals surface area contributed by atoms with Gasteiger partial charge in [0.1, 0.15) is 12.3 Å². The molecule has 0 aromatic rings. The van der Waals surface area contributed by atoms with E-state index in [0.717, 1.165) is 0 Å². The number of hydrogen-bond acceptors (Lipinski definition) is 0. The summed E-state index contributed by atoms with van der Waals surface area (Å²) in [4.78, 5) is 0. The predicted molar refractivity (Wildman–Crippen MR) is 19.0 cm³/mol. The van der Waals surface area contributed by atoms with Crippen LogP contribution in [0, 0.1) is 5.92 Å². The van der Waals surface area contributed by atoms with E-state index in [2.05, 4.69) is 0 Å². The van der Waals surface area contributed by atoms with Gasteiger partial charge in [-0.2, -0.15) is 0 Å². The Bertz CT molecular complexity index is 42.3. The van der Waals surface area contributed by atoms with Crippen LogP contribution in [0.5, 0.6) is 0 Å². The zero-order valence-corrected chi connectivity index (χ0v) is 3.49. The molecular formula is C4H6F2. The zero-order chi connectivity index (χ0) is 4.73. The molecule has 0 aliphatic heterocycles. The lowest BCUT2D eigenvalue weighted by atomic mass is 10.5. The summed E-state index contributed by atoms with van der Waals surface area (Å²) >= 11 is 0. The van der Waals surface area contributed by atoms with Gasteiger partial charge in [-0.1, -0.05) is 6.92 Å². The van der Waals surface area contributed by atoms with E-state index < -0.39 is 12.3 Å². The Kier molecular flexibility index (Phi) is 0.620. The first-order valence-electron chi connectivity index (χ1n) is 2.01. The van der Waals surface area contributed by atoms with Gasteiger partial charge in [0, 0.05) is 5.92 Å². The third-order valence-corrected chi connectivity index (χ3v) is 1.17. The van der Waals surface area contributed by atoms with Gasteiger partial charge in [0.25, 0.3) is 0 Å². The SMILES string of the molecule is CC1C(F)C1F. The third kappa shape index (κ3) is 0.325. The first-order chi connectivity index (χ1) is 2.73. The van der Waals surface area contributed by atoms with Crippen molar-refractivity contribution in [1.29, 1.82) is 0 Å². The summed E-state index contributed by atoms with van der Waals surface area (Å²) in [5, 5.41) is 0. The Labute approximate surface area is 35.2 Å². The largest absolute Gasteiger partial charge is 0.244 e. The van der Waals surface area contributed by atoms with Gasteiger partial charge in [0.15, 0.2) is 0 Å². The molecule has 0 radical (unpaired) electrons. The Morgan fingerprint density at radius 3 is 1.33 bits per heavy atom. The van der Waals surface area contributed by atoms with Gasteiger partial charge >= 0.3 is 0 Å². The molecule has 1 aliphatic carbocycles. The molecule has 1 rings (SSSR count). The maximum Gasteiger partial charge on any atom is 0.137 e. The van der Waals surface area contributed by atoms with E-state index in [0.29, 0.717) is 0 Å². The van der Waals surface area contributed by atoms with Crippen LogP contribution in [0.4, 0.5) is 8.78 Å². The van der Waals surface area contributed by atoms with E-state index in [1.165, 1.54) is 0 Å². The lowest BCUT2D eigenvalue weighted by molar-refractivity contribution is 0.372. The first-order valence-corrected chi connectivity index (χ1v) is 2.01. The average Bonchev–Trinajstić information content (AvgIpc) is 1.94. The summed E-state index contributed by atoms with van der Waals surface area (Å²) < 4.78 is 23.0. The fraction of sp³-hybridized carbons (Fsp3) is 1.00. The van der Waals surface area contributed by atoms with Crippen molar-refractivity contribution >= 4 is 0 Å². The van der Waals surface area contributed by atoms with Gasteiger partial charge in [-0.3, -0.25) is 0 Å². The van der Waals surface area contributed by atoms with Crippen molar-refractivity contribution in [3.8, 4) is 0 Å². The van der Waals surface area contributed by atoms with Crippen LogP contribution >= 0.6 is 0 Å². The molecule has 1 aliphatic rings. The van der Waals surface area contributed by atoms with E-state index >= 15 is 0 Å². The van der Waals surface area contributed by atoms with Crippen molar-refractivity contribution in [2.75, 3.05) is 0 Å². The third-order valence-electron chi connectivity index (χ3n) is 1.17. The van der Waals surface area contributed by atoms with Crippen LogP contribution in [0.3, 0.4) is 0 Å². The normalized spacial score (nSPS) is 55.5. The van der Waals surface area contributed by atoms with E-state index in [1.807, 2.05) is 0 Å². The highest BCUT2D eigenvalue weighted by Crippen LogP contribution is 2.36. The smallest absolute Gasteiger partial charge is 0.137 e. The molecule has 0 N–H and O–H groups in total. The monoisotopic (exact) mass is 92.0 g/mol. The van der Waals surface area contributed by atoms with Crippen molar-refractivity contribution in [2.24, 2.45) is 5.92 Å². The molecule has 2 heteroatoms. The van der Waals surface area contributed by atoms with Crippen LogP contribution in [0.2, 0.25) is 0 Å². The van der Waals surface area contributed by atoms with Gasteiger partial charge in [-0.15, -0.1) is 0 Å². The van der Waals surface area contributed by atoms with E-state index in [4.69, 9.17) is 0 Å². The molecule has 1 fully saturated rings. The molecule has 0 spiro atoms. The van der Waals surface area contributed by atoms with Gasteiger partial charge in [0.2, 0.25) is 0 Å². The predicted octanol–water partition coefficient (Wildman–Crippen LogP) is 1.31. The van der Waals surface area contributed by atoms with Crippen molar-refractivity contribution in [2.45, 2.75) is 19.3 Å². The fourth-order valence-corrected chi connectivity index (χ4v) is 0.368. The molecule has 0 heterocycles. The van der Waals surface area contributed by atoms with Crippen molar-refractivity contribution < 1.29 is 8.78 Å². The Hall–Kier alpha value is -0.140. The average molecular weight is 92.1 g/mol. The number of hydrogen-bond donors (Lipinski definition) is 0. The van der Waals surface area contributed by atoms with Crippen LogP contribution in [-0.4, -0.2) is 12.3 Å². The van der Waals surface area contributed by atoms with Gasteiger partial charge in [-0.25, -0.2) is 8.78 Å². The molecule has 0 bridgehead atoms.